The normalized spacial score (nSPS) is 10.2. The fourth-order valence-electron chi connectivity index (χ4n) is 2.28. The smallest absolute Gasteiger partial charge is 0.220 e. The molecule has 2 aromatic carbocycles. The second-order valence-electron chi connectivity index (χ2n) is 4.88. The minimum atomic E-state index is 0.111. The highest BCUT2D eigenvalue weighted by molar-refractivity contribution is 5.76. The Morgan fingerprint density at radius 2 is 1.60 bits per heavy atom. The summed E-state index contributed by atoms with van der Waals surface area (Å²) in [6.07, 6.45) is 2.37. The predicted molar refractivity (Wildman–Crippen MR) is 82.4 cm³/mol. The maximum atomic E-state index is 11.9. The lowest BCUT2D eigenvalue weighted by Crippen LogP contribution is -2.23. The number of carbonyl (C=O) groups excluding carboxylic acids is 1. The van der Waals surface area contributed by atoms with E-state index >= 15 is 0 Å². The molecule has 0 saturated carbocycles. The summed E-state index contributed by atoms with van der Waals surface area (Å²) in [5.41, 5.74) is 3.75. The molecule has 20 heavy (non-hydrogen) atoms. The van der Waals surface area contributed by atoms with Gasteiger partial charge in [0, 0.05) is 13.0 Å². The van der Waals surface area contributed by atoms with Gasteiger partial charge in [-0.05, 0) is 29.5 Å². The van der Waals surface area contributed by atoms with E-state index in [1.54, 1.807) is 0 Å². The van der Waals surface area contributed by atoms with Crippen LogP contribution in [-0.4, -0.2) is 5.91 Å². The maximum absolute atomic E-state index is 11.9. The molecular formula is C18H21NO. The van der Waals surface area contributed by atoms with Gasteiger partial charge in [0.2, 0.25) is 5.91 Å². The lowest BCUT2D eigenvalue weighted by Gasteiger charge is -2.08. The predicted octanol–water partition coefficient (Wildman–Crippen LogP) is 3.50. The average Bonchev–Trinajstić information content (AvgIpc) is 2.52. The minimum Gasteiger partial charge on any atom is -0.352 e. The molecule has 0 spiro atoms. The minimum absolute atomic E-state index is 0.111. The first kappa shape index (κ1) is 14.3. The van der Waals surface area contributed by atoms with Gasteiger partial charge in [-0.3, -0.25) is 4.79 Å². The number of nitrogens with one attached hydrogen (secondary N) is 1. The van der Waals surface area contributed by atoms with E-state index in [1.165, 1.54) is 11.1 Å². The molecule has 0 aliphatic rings. The molecule has 0 aromatic heterocycles. The van der Waals surface area contributed by atoms with Crippen LogP contribution < -0.4 is 5.32 Å². The van der Waals surface area contributed by atoms with E-state index < -0.39 is 0 Å². The Bertz CT molecular complexity index is 548. The average molecular weight is 267 g/mol. The van der Waals surface area contributed by atoms with Gasteiger partial charge in [0.1, 0.15) is 0 Å². The molecule has 0 saturated heterocycles. The zero-order chi connectivity index (χ0) is 14.2. The number of hydrogen-bond donors (Lipinski definition) is 1. The van der Waals surface area contributed by atoms with Crippen LogP contribution in [0.25, 0.3) is 0 Å². The van der Waals surface area contributed by atoms with Crippen LogP contribution in [0.4, 0.5) is 0 Å². The Hall–Kier alpha value is -2.09. The van der Waals surface area contributed by atoms with Crippen LogP contribution in [0, 0.1) is 0 Å². The van der Waals surface area contributed by atoms with E-state index in [0.717, 1.165) is 18.4 Å². The number of aryl methyl sites for hydroxylation is 2. The van der Waals surface area contributed by atoms with Gasteiger partial charge < -0.3 is 5.32 Å². The lowest BCUT2D eigenvalue weighted by molar-refractivity contribution is -0.121. The van der Waals surface area contributed by atoms with Crippen molar-refractivity contribution >= 4 is 5.91 Å². The van der Waals surface area contributed by atoms with Gasteiger partial charge in [0.25, 0.3) is 0 Å². The number of amides is 1. The third kappa shape index (κ3) is 4.23. The largest absolute Gasteiger partial charge is 0.352 e. The van der Waals surface area contributed by atoms with Crippen LogP contribution in [0.5, 0.6) is 0 Å². The van der Waals surface area contributed by atoms with Gasteiger partial charge >= 0.3 is 0 Å². The summed E-state index contributed by atoms with van der Waals surface area (Å²) in [6, 6.07) is 18.3. The summed E-state index contributed by atoms with van der Waals surface area (Å²) in [5.74, 6) is 0.111. The quantitative estimate of drug-likeness (QED) is 0.852. The molecule has 0 atom stereocenters. The van der Waals surface area contributed by atoms with Gasteiger partial charge in [0.15, 0.2) is 0 Å². The molecule has 2 rings (SSSR count). The molecule has 2 nitrogen and oxygen atoms in total. The van der Waals surface area contributed by atoms with Crippen molar-refractivity contribution in [2.45, 2.75) is 32.7 Å². The third-order valence-corrected chi connectivity index (χ3v) is 3.45. The molecular weight excluding hydrogens is 246 g/mol. The van der Waals surface area contributed by atoms with Crippen molar-refractivity contribution in [3.63, 3.8) is 0 Å². The molecule has 0 aliphatic carbocycles. The highest BCUT2D eigenvalue weighted by atomic mass is 16.1. The van der Waals surface area contributed by atoms with Crippen LogP contribution in [0.1, 0.15) is 30.0 Å². The van der Waals surface area contributed by atoms with Crippen molar-refractivity contribution in [1.82, 2.24) is 5.32 Å². The van der Waals surface area contributed by atoms with Crippen molar-refractivity contribution in [3.8, 4) is 0 Å². The Kier molecular flexibility index (Phi) is 5.36. The van der Waals surface area contributed by atoms with Gasteiger partial charge in [0.05, 0.1) is 0 Å². The van der Waals surface area contributed by atoms with Crippen LogP contribution in [-0.2, 0) is 24.2 Å². The summed E-state index contributed by atoms with van der Waals surface area (Å²) >= 11 is 0. The van der Waals surface area contributed by atoms with Crippen molar-refractivity contribution in [2.75, 3.05) is 0 Å². The highest BCUT2D eigenvalue weighted by Gasteiger charge is 2.04. The summed E-state index contributed by atoms with van der Waals surface area (Å²) < 4.78 is 0. The second kappa shape index (κ2) is 7.49. The summed E-state index contributed by atoms with van der Waals surface area (Å²) in [4.78, 5) is 11.9. The molecule has 0 radical (unpaired) electrons. The molecule has 0 aliphatic heterocycles. The summed E-state index contributed by atoms with van der Waals surface area (Å²) in [5, 5.41) is 2.97. The van der Waals surface area contributed by atoms with E-state index in [4.69, 9.17) is 0 Å². The zero-order valence-corrected chi connectivity index (χ0v) is 11.9. The van der Waals surface area contributed by atoms with E-state index in [2.05, 4.69) is 30.4 Å². The Balaban J connectivity index is 1.80. The lowest BCUT2D eigenvalue weighted by atomic mass is 10.0. The van der Waals surface area contributed by atoms with E-state index in [0.29, 0.717) is 13.0 Å². The third-order valence-electron chi connectivity index (χ3n) is 3.45. The SMILES string of the molecule is CCc1ccccc1CCC(=O)NCc1ccccc1. The molecule has 0 unspecified atom stereocenters. The van der Waals surface area contributed by atoms with Gasteiger partial charge in [-0.2, -0.15) is 0 Å². The molecule has 0 bridgehead atoms. The van der Waals surface area contributed by atoms with E-state index in [-0.39, 0.29) is 5.91 Å². The van der Waals surface area contributed by atoms with E-state index in [1.807, 2.05) is 36.4 Å². The maximum Gasteiger partial charge on any atom is 0.220 e. The van der Waals surface area contributed by atoms with Crippen LogP contribution in [0.15, 0.2) is 54.6 Å². The number of rotatable bonds is 6. The van der Waals surface area contributed by atoms with Crippen molar-refractivity contribution in [3.05, 3.63) is 71.3 Å². The second-order valence-corrected chi connectivity index (χ2v) is 4.88. The Labute approximate surface area is 120 Å². The number of carbonyl (C=O) groups is 1. The number of benzene rings is 2. The van der Waals surface area contributed by atoms with Crippen molar-refractivity contribution < 1.29 is 4.79 Å². The first-order chi connectivity index (χ1) is 9.79. The number of hydrogen-bond acceptors (Lipinski definition) is 1. The van der Waals surface area contributed by atoms with Crippen LogP contribution in [0.2, 0.25) is 0 Å². The molecule has 2 heteroatoms. The van der Waals surface area contributed by atoms with Crippen molar-refractivity contribution in [2.24, 2.45) is 0 Å². The van der Waals surface area contributed by atoms with Gasteiger partial charge in [-0.15, -0.1) is 0 Å². The molecule has 1 N–H and O–H groups in total. The van der Waals surface area contributed by atoms with Crippen LogP contribution in [0.3, 0.4) is 0 Å². The first-order valence-electron chi connectivity index (χ1n) is 7.17. The monoisotopic (exact) mass is 267 g/mol. The molecule has 0 heterocycles. The molecule has 1 amide bonds. The summed E-state index contributed by atoms with van der Waals surface area (Å²) in [6.45, 7) is 2.75. The van der Waals surface area contributed by atoms with Gasteiger partial charge in [-0.1, -0.05) is 61.5 Å². The van der Waals surface area contributed by atoms with Gasteiger partial charge in [-0.25, -0.2) is 0 Å². The van der Waals surface area contributed by atoms with Crippen LogP contribution >= 0.6 is 0 Å². The van der Waals surface area contributed by atoms with Crippen molar-refractivity contribution in [1.29, 1.82) is 0 Å². The summed E-state index contributed by atoms with van der Waals surface area (Å²) in [7, 11) is 0. The fraction of sp³-hybridized carbons (Fsp3) is 0.278. The first-order valence-corrected chi connectivity index (χ1v) is 7.17. The Morgan fingerprint density at radius 1 is 0.950 bits per heavy atom. The zero-order valence-electron chi connectivity index (χ0n) is 11.9. The standard InChI is InChI=1S/C18H21NO/c1-2-16-10-6-7-11-17(16)12-13-18(20)19-14-15-8-4-3-5-9-15/h3-11H,2,12-14H2,1H3,(H,19,20). The molecule has 104 valence electrons. The van der Waals surface area contributed by atoms with E-state index in [9.17, 15) is 4.79 Å². The molecule has 0 fully saturated rings. The highest BCUT2D eigenvalue weighted by Crippen LogP contribution is 2.11. The fourth-order valence-corrected chi connectivity index (χ4v) is 2.28. The molecule has 2 aromatic rings. The topological polar surface area (TPSA) is 29.1 Å². The Morgan fingerprint density at radius 3 is 2.30 bits per heavy atom.